The second-order valence-corrected chi connectivity index (χ2v) is 7.88. The molecule has 0 unspecified atom stereocenters. The number of benzene rings is 1. The third-order valence-electron chi connectivity index (χ3n) is 3.59. The molecule has 0 fully saturated rings. The largest absolute Gasteiger partial charge is 0.366 e. The molecule has 2 heterocycles. The molecule has 0 aliphatic carbocycles. The molecule has 26 heavy (non-hydrogen) atoms. The van der Waals surface area contributed by atoms with E-state index in [-0.39, 0.29) is 5.54 Å². The molecule has 1 aromatic carbocycles. The fourth-order valence-corrected chi connectivity index (χ4v) is 2.84. The average Bonchev–Trinajstić information content (AvgIpc) is 2.60. The molecule has 0 spiro atoms. The van der Waals surface area contributed by atoms with Crippen LogP contribution in [0.1, 0.15) is 26.3 Å². The molecule has 0 aliphatic rings. The quantitative estimate of drug-likeness (QED) is 0.609. The van der Waals surface area contributed by atoms with Crippen LogP contribution in [-0.4, -0.2) is 20.5 Å². The van der Waals surface area contributed by atoms with E-state index in [9.17, 15) is 0 Å². The third kappa shape index (κ3) is 5.02. The van der Waals surface area contributed by atoms with Crippen LogP contribution < -0.4 is 10.6 Å². The first-order chi connectivity index (χ1) is 12.4. The van der Waals surface area contributed by atoms with Crippen LogP contribution in [0.5, 0.6) is 0 Å². The number of hydrogen-bond donors (Lipinski definition) is 2. The van der Waals surface area contributed by atoms with E-state index in [4.69, 9.17) is 0 Å². The summed E-state index contributed by atoms with van der Waals surface area (Å²) in [6, 6.07) is 14.0. The first-order valence-electron chi connectivity index (χ1n) is 8.46. The van der Waals surface area contributed by atoms with E-state index in [0.29, 0.717) is 12.5 Å². The van der Waals surface area contributed by atoms with Crippen molar-refractivity contribution in [1.29, 1.82) is 0 Å². The van der Waals surface area contributed by atoms with Gasteiger partial charge < -0.3 is 10.6 Å². The number of halogens is 1. The zero-order valence-electron chi connectivity index (χ0n) is 15.1. The van der Waals surface area contributed by atoms with E-state index in [1.807, 2.05) is 36.4 Å². The standard InChI is InChI=1S/C20H22BrN5/c1-20(2,3)26-19-24-17(15-8-6-10-22-12-15)11-18(25-19)23-13-14-7-4-5-9-16(14)21/h4-12H,13H2,1-3H3,(H2,23,24,25,26). The molecular formula is C20H22BrN5. The number of rotatable bonds is 5. The summed E-state index contributed by atoms with van der Waals surface area (Å²) < 4.78 is 1.07. The molecule has 0 radical (unpaired) electrons. The second kappa shape index (κ2) is 7.83. The van der Waals surface area contributed by atoms with Gasteiger partial charge in [-0.2, -0.15) is 4.98 Å². The zero-order chi connectivity index (χ0) is 18.6. The van der Waals surface area contributed by atoms with Crippen molar-refractivity contribution in [2.45, 2.75) is 32.9 Å². The number of pyridine rings is 1. The summed E-state index contributed by atoms with van der Waals surface area (Å²) in [4.78, 5) is 13.5. The molecule has 0 saturated carbocycles. The van der Waals surface area contributed by atoms with Crippen LogP contribution in [0.15, 0.2) is 59.3 Å². The van der Waals surface area contributed by atoms with Gasteiger partial charge in [0.1, 0.15) is 5.82 Å². The van der Waals surface area contributed by atoms with Crippen LogP contribution in [0.25, 0.3) is 11.3 Å². The van der Waals surface area contributed by atoms with Gasteiger partial charge in [-0.1, -0.05) is 34.1 Å². The Bertz CT molecular complexity index is 875. The Morgan fingerprint density at radius 1 is 1.04 bits per heavy atom. The molecule has 2 N–H and O–H groups in total. The van der Waals surface area contributed by atoms with E-state index in [2.05, 4.69) is 68.4 Å². The second-order valence-electron chi connectivity index (χ2n) is 7.02. The van der Waals surface area contributed by atoms with Gasteiger partial charge in [-0.15, -0.1) is 0 Å². The minimum Gasteiger partial charge on any atom is -0.366 e. The van der Waals surface area contributed by atoms with Gasteiger partial charge in [0.15, 0.2) is 0 Å². The van der Waals surface area contributed by atoms with Gasteiger partial charge in [0.05, 0.1) is 5.69 Å². The molecule has 0 atom stereocenters. The number of aromatic nitrogens is 3. The number of nitrogens with zero attached hydrogens (tertiary/aromatic N) is 3. The van der Waals surface area contributed by atoms with E-state index in [0.717, 1.165) is 21.5 Å². The normalized spacial score (nSPS) is 11.2. The first-order valence-corrected chi connectivity index (χ1v) is 9.25. The molecule has 6 heteroatoms. The van der Waals surface area contributed by atoms with Crippen molar-refractivity contribution in [2.24, 2.45) is 0 Å². The molecule has 0 bridgehead atoms. The van der Waals surface area contributed by atoms with Crippen molar-refractivity contribution in [3.63, 3.8) is 0 Å². The summed E-state index contributed by atoms with van der Waals surface area (Å²) >= 11 is 3.58. The summed E-state index contributed by atoms with van der Waals surface area (Å²) in [6.07, 6.45) is 3.56. The Hall–Kier alpha value is -2.47. The summed E-state index contributed by atoms with van der Waals surface area (Å²) in [5, 5.41) is 6.75. The average molecular weight is 412 g/mol. The highest BCUT2D eigenvalue weighted by Gasteiger charge is 2.14. The summed E-state index contributed by atoms with van der Waals surface area (Å²) in [5.41, 5.74) is 2.82. The Morgan fingerprint density at radius 2 is 1.85 bits per heavy atom. The summed E-state index contributed by atoms with van der Waals surface area (Å²) in [5.74, 6) is 1.36. The lowest BCUT2D eigenvalue weighted by molar-refractivity contribution is 0.626. The predicted octanol–water partition coefficient (Wildman–Crippen LogP) is 5.12. The van der Waals surface area contributed by atoms with Gasteiger partial charge in [0, 0.05) is 40.6 Å². The number of hydrogen-bond acceptors (Lipinski definition) is 5. The minimum absolute atomic E-state index is 0.132. The van der Waals surface area contributed by atoms with Crippen molar-refractivity contribution < 1.29 is 0 Å². The van der Waals surface area contributed by atoms with Crippen molar-refractivity contribution in [2.75, 3.05) is 10.6 Å². The Labute approximate surface area is 162 Å². The summed E-state index contributed by atoms with van der Waals surface area (Å²) in [7, 11) is 0. The molecule has 5 nitrogen and oxygen atoms in total. The van der Waals surface area contributed by atoms with Gasteiger partial charge in [0.25, 0.3) is 0 Å². The molecule has 3 aromatic rings. The van der Waals surface area contributed by atoms with Crippen LogP contribution in [-0.2, 0) is 6.54 Å². The first kappa shape index (κ1) is 18.3. The number of anilines is 2. The fourth-order valence-electron chi connectivity index (χ4n) is 2.42. The number of nitrogens with one attached hydrogen (secondary N) is 2. The molecule has 2 aromatic heterocycles. The lowest BCUT2D eigenvalue weighted by atomic mass is 10.1. The molecule has 0 saturated heterocycles. The highest BCUT2D eigenvalue weighted by molar-refractivity contribution is 9.10. The van der Waals surface area contributed by atoms with Crippen LogP contribution in [0, 0.1) is 0 Å². The third-order valence-corrected chi connectivity index (χ3v) is 4.36. The molecule has 3 rings (SSSR count). The predicted molar refractivity (Wildman–Crippen MR) is 110 cm³/mol. The summed E-state index contributed by atoms with van der Waals surface area (Å²) in [6.45, 7) is 6.92. The van der Waals surface area contributed by atoms with Crippen molar-refractivity contribution >= 4 is 27.7 Å². The van der Waals surface area contributed by atoms with E-state index in [1.54, 1.807) is 12.4 Å². The van der Waals surface area contributed by atoms with E-state index >= 15 is 0 Å². The van der Waals surface area contributed by atoms with E-state index < -0.39 is 0 Å². The molecule has 134 valence electrons. The van der Waals surface area contributed by atoms with Gasteiger partial charge in [0.2, 0.25) is 5.95 Å². The van der Waals surface area contributed by atoms with Crippen molar-refractivity contribution in [1.82, 2.24) is 15.0 Å². The van der Waals surface area contributed by atoms with Crippen molar-refractivity contribution in [3.8, 4) is 11.3 Å². The van der Waals surface area contributed by atoms with Crippen LogP contribution in [0.2, 0.25) is 0 Å². The van der Waals surface area contributed by atoms with Gasteiger partial charge in [-0.25, -0.2) is 4.98 Å². The Kier molecular flexibility index (Phi) is 5.52. The molecule has 0 aliphatic heterocycles. The molecular weight excluding hydrogens is 390 g/mol. The van der Waals surface area contributed by atoms with E-state index in [1.165, 1.54) is 5.56 Å². The van der Waals surface area contributed by atoms with Crippen molar-refractivity contribution in [3.05, 3.63) is 64.9 Å². The smallest absolute Gasteiger partial charge is 0.225 e. The van der Waals surface area contributed by atoms with Gasteiger partial charge in [-0.3, -0.25) is 4.98 Å². The maximum absolute atomic E-state index is 4.65. The van der Waals surface area contributed by atoms with Crippen LogP contribution in [0.4, 0.5) is 11.8 Å². The monoisotopic (exact) mass is 411 g/mol. The highest BCUT2D eigenvalue weighted by Crippen LogP contribution is 2.23. The van der Waals surface area contributed by atoms with Crippen LogP contribution >= 0.6 is 15.9 Å². The zero-order valence-corrected chi connectivity index (χ0v) is 16.7. The highest BCUT2D eigenvalue weighted by atomic mass is 79.9. The Morgan fingerprint density at radius 3 is 2.54 bits per heavy atom. The SMILES string of the molecule is CC(C)(C)Nc1nc(NCc2ccccc2Br)cc(-c2cccnc2)n1. The Balaban J connectivity index is 1.90. The molecule has 0 amide bonds. The maximum Gasteiger partial charge on any atom is 0.225 e. The van der Waals surface area contributed by atoms with Gasteiger partial charge in [-0.05, 0) is 44.5 Å². The minimum atomic E-state index is -0.132. The van der Waals surface area contributed by atoms with Crippen LogP contribution in [0.3, 0.4) is 0 Å². The maximum atomic E-state index is 4.65. The fraction of sp³-hybridized carbons (Fsp3) is 0.250. The lowest BCUT2D eigenvalue weighted by Crippen LogP contribution is -2.27. The lowest BCUT2D eigenvalue weighted by Gasteiger charge is -2.21. The topological polar surface area (TPSA) is 62.7 Å². The van der Waals surface area contributed by atoms with Gasteiger partial charge >= 0.3 is 0 Å².